The lowest BCUT2D eigenvalue weighted by atomic mass is 10.3. The van der Waals surface area contributed by atoms with E-state index < -0.39 is 10.0 Å². The van der Waals surface area contributed by atoms with Gasteiger partial charge in [0.1, 0.15) is 5.82 Å². The summed E-state index contributed by atoms with van der Waals surface area (Å²) in [6.07, 6.45) is 5.58. The molecule has 22 heavy (non-hydrogen) atoms. The Labute approximate surface area is 136 Å². The summed E-state index contributed by atoms with van der Waals surface area (Å²) < 4.78 is 22.9. The standard InChI is InChI=1S/C13H12BrN5O2S/c1-2-3-10-11(14)12(15)19-13(18-10)17-8-4-6-9(7-5-8)22(16,20)21/h1,4-7H,3H2,(H2,16,20,21)(H3,15,17,18,19). The number of anilines is 3. The van der Waals surface area contributed by atoms with Crippen LogP contribution in [0.2, 0.25) is 0 Å². The number of aromatic nitrogens is 2. The Bertz CT molecular complexity index is 844. The first-order valence-corrected chi connectivity index (χ1v) is 8.30. The monoisotopic (exact) mass is 381 g/mol. The summed E-state index contributed by atoms with van der Waals surface area (Å²) in [7, 11) is -3.73. The Morgan fingerprint density at radius 2 is 1.91 bits per heavy atom. The van der Waals surface area contributed by atoms with Gasteiger partial charge >= 0.3 is 0 Å². The number of hydrogen-bond donors (Lipinski definition) is 3. The maximum atomic E-state index is 11.2. The minimum Gasteiger partial charge on any atom is -0.383 e. The summed E-state index contributed by atoms with van der Waals surface area (Å²) in [5.41, 5.74) is 6.95. The Kier molecular flexibility index (Phi) is 4.65. The molecule has 2 rings (SSSR count). The molecule has 2 aromatic rings. The van der Waals surface area contributed by atoms with E-state index in [0.29, 0.717) is 22.3 Å². The van der Waals surface area contributed by atoms with E-state index in [1.54, 1.807) is 12.1 Å². The average molecular weight is 382 g/mol. The maximum Gasteiger partial charge on any atom is 0.238 e. The number of rotatable bonds is 4. The molecule has 0 bridgehead atoms. The fourth-order valence-electron chi connectivity index (χ4n) is 1.64. The molecule has 7 nitrogen and oxygen atoms in total. The summed E-state index contributed by atoms with van der Waals surface area (Å²) in [5.74, 6) is 3.00. The second-order valence-corrected chi connectivity index (χ2v) is 6.62. The normalized spacial score (nSPS) is 11.0. The number of nitrogens with zero attached hydrogens (tertiary/aromatic N) is 2. The highest BCUT2D eigenvalue weighted by atomic mass is 79.9. The second-order valence-electron chi connectivity index (χ2n) is 4.27. The SMILES string of the molecule is C#CCc1nc(Nc2ccc(S(N)(=O)=O)cc2)nc(N)c1Br. The van der Waals surface area contributed by atoms with Crippen LogP contribution in [0.15, 0.2) is 33.6 Å². The Morgan fingerprint density at radius 3 is 2.45 bits per heavy atom. The van der Waals surface area contributed by atoms with Crippen LogP contribution in [0, 0.1) is 12.3 Å². The summed E-state index contributed by atoms with van der Waals surface area (Å²) in [4.78, 5) is 8.35. The van der Waals surface area contributed by atoms with Crippen molar-refractivity contribution in [2.24, 2.45) is 5.14 Å². The van der Waals surface area contributed by atoms with E-state index in [-0.39, 0.29) is 16.7 Å². The Morgan fingerprint density at radius 1 is 1.27 bits per heavy atom. The molecule has 1 heterocycles. The quantitative estimate of drug-likeness (QED) is 0.687. The van der Waals surface area contributed by atoms with Crippen LogP contribution in [0.1, 0.15) is 5.69 Å². The van der Waals surface area contributed by atoms with E-state index in [4.69, 9.17) is 17.3 Å². The lowest BCUT2D eigenvalue weighted by Crippen LogP contribution is -2.12. The van der Waals surface area contributed by atoms with E-state index in [1.165, 1.54) is 12.1 Å². The predicted molar refractivity (Wildman–Crippen MR) is 87.8 cm³/mol. The van der Waals surface area contributed by atoms with E-state index in [2.05, 4.69) is 37.1 Å². The fourth-order valence-corrected chi connectivity index (χ4v) is 2.47. The van der Waals surface area contributed by atoms with Gasteiger partial charge in [-0.1, -0.05) is 0 Å². The summed E-state index contributed by atoms with van der Waals surface area (Å²) in [6.45, 7) is 0. The lowest BCUT2D eigenvalue weighted by molar-refractivity contribution is 0.598. The van der Waals surface area contributed by atoms with Crippen molar-refractivity contribution in [3.63, 3.8) is 0 Å². The van der Waals surface area contributed by atoms with Gasteiger partial charge in [-0.05, 0) is 40.2 Å². The summed E-state index contributed by atoms with van der Waals surface area (Å²) >= 11 is 3.28. The van der Waals surface area contributed by atoms with Crippen LogP contribution in [0.3, 0.4) is 0 Å². The number of primary sulfonamides is 1. The number of benzene rings is 1. The van der Waals surface area contributed by atoms with Crippen LogP contribution >= 0.6 is 15.9 Å². The molecule has 0 amide bonds. The van der Waals surface area contributed by atoms with Gasteiger partial charge in [0, 0.05) is 5.69 Å². The molecular weight excluding hydrogens is 370 g/mol. The number of hydrogen-bond acceptors (Lipinski definition) is 6. The Hall–Kier alpha value is -2.15. The minimum atomic E-state index is -3.73. The van der Waals surface area contributed by atoms with Crippen molar-refractivity contribution in [3.8, 4) is 12.3 Å². The highest BCUT2D eigenvalue weighted by Crippen LogP contribution is 2.24. The van der Waals surface area contributed by atoms with Gasteiger partial charge in [-0.3, -0.25) is 0 Å². The van der Waals surface area contributed by atoms with Gasteiger partial charge in [0.05, 0.1) is 21.5 Å². The topological polar surface area (TPSA) is 124 Å². The first-order valence-electron chi connectivity index (χ1n) is 5.96. The van der Waals surface area contributed by atoms with Gasteiger partial charge in [0.15, 0.2) is 0 Å². The second kappa shape index (κ2) is 6.31. The summed E-state index contributed by atoms with van der Waals surface area (Å²) in [5, 5.41) is 7.96. The predicted octanol–water partition coefficient (Wildman–Crippen LogP) is 1.39. The molecule has 0 radical (unpaired) electrons. The van der Waals surface area contributed by atoms with E-state index in [9.17, 15) is 8.42 Å². The molecule has 0 atom stereocenters. The molecule has 1 aromatic heterocycles. The van der Waals surface area contributed by atoms with Crippen LogP contribution in [-0.4, -0.2) is 18.4 Å². The van der Waals surface area contributed by atoms with Crippen molar-refractivity contribution < 1.29 is 8.42 Å². The smallest absolute Gasteiger partial charge is 0.238 e. The third kappa shape index (κ3) is 3.73. The zero-order valence-electron chi connectivity index (χ0n) is 11.2. The van der Waals surface area contributed by atoms with Crippen molar-refractivity contribution in [2.75, 3.05) is 11.1 Å². The number of terminal acetylenes is 1. The molecule has 0 unspecified atom stereocenters. The molecule has 0 aliphatic rings. The highest BCUT2D eigenvalue weighted by molar-refractivity contribution is 9.10. The largest absolute Gasteiger partial charge is 0.383 e. The number of nitrogens with one attached hydrogen (secondary N) is 1. The molecule has 0 fully saturated rings. The molecule has 0 saturated heterocycles. The number of nitrogens with two attached hydrogens (primary N) is 2. The van der Waals surface area contributed by atoms with E-state index >= 15 is 0 Å². The van der Waals surface area contributed by atoms with Gasteiger partial charge in [-0.2, -0.15) is 4.98 Å². The molecule has 0 aliphatic heterocycles. The van der Waals surface area contributed by atoms with Gasteiger partial charge in [0.2, 0.25) is 16.0 Å². The molecule has 9 heteroatoms. The van der Waals surface area contributed by atoms with E-state index in [1.807, 2.05) is 0 Å². The Balaban J connectivity index is 2.29. The van der Waals surface area contributed by atoms with Crippen LogP contribution in [0.4, 0.5) is 17.5 Å². The molecule has 5 N–H and O–H groups in total. The van der Waals surface area contributed by atoms with Crippen LogP contribution in [0.5, 0.6) is 0 Å². The lowest BCUT2D eigenvalue weighted by Gasteiger charge is -2.09. The van der Waals surface area contributed by atoms with Crippen molar-refractivity contribution >= 4 is 43.4 Å². The zero-order valence-corrected chi connectivity index (χ0v) is 13.6. The number of halogens is 1. The van der Waals surface area contributed by atoms with Gasteiger partial charge in [0.25, 0.3) is 0 Å². The van der Waals surface area contributed by atoms with Crippen LogP contribution in [-0.2, 0) is 16.4 Å². The zero-order chi connectivity index (χ0) is 16.3. The van der Waals surface area contributed by atoms with Crippen molar-refractivity contribution in [1.82, 2.24) is 9.97 Å². The van der Waals surface area contributed by atoms with Crippen molar-refractivity contribution in [3.05, 3.63) is 34.4 Å². The van der Waals surface area contributed by atoms with Crippen LogP contribution < -0.4 is 16.2 Å². The van der Waals surface area contributed by atoms with Gasteiger partial charge in [-0.15, -0.1) is 12.3 Å². The average Bonchev–Trinajstić information content (AvgIpc) is 2.44. The molecule has 0 spiro atoms. The van der Waals surface area contributed by atoms with Gasteiger partial charge in [-0.25, -0.2) is 18.5 Å². The number of nitrogen functional groups attached to an aromatic ring is 1. The van der Waals surface area contributed by atoms with Crippen molar-refractivity contribution in [2.45, 2.75) is 11.3 Å². The third-order valence-corrected chi connectivity index (χ3v) is 4.45. The maximum absolute atomic E-state index is 11.2. The highest BCUT2D eigenvalue weighted by Gasteiger charge is 2.10. The molecule has 114 valence electrons. The summed E-state index contributed by atoms with van der Waals surface area (Å²) in [6, 6.07) is 5.84. The molecule has 0 saturated carbocycles. The first-order chi connectivity index (χ1) is 10.3. The van der Waals surface area contributed by atoms with E-state index in [0.717, 1.165) is 0 Å². The van der Waals surface area contributed by atoms with Crippen molar-refractivity contribution in [1.29, 1.82) is 0 Å². The first kappa shape index (κ1) is 16.2. The number of sulfonamides is 1. The minimum absolute atomic E-state index is 0.0160. The molecule has 1 aromatic carbocycles. The van der Waals surface area contributed by atoms with Gasteiger partial charge < -0.3 is 11.1 Å². The fraction of sp³-hybridized carbons (Fsp3) is 0.0769. The molecule has 0 aliphatic carbocycles. The van der Waals surface area contributed by atoms with Crippen LogP contribution in [0.25, 0.3) is 0 Å². The third-order valence-electron chi connectivity index (χ3n) is 2.65. The molecular formula is C13H12BrN5O2S.